The number of likely N-dealkylation sites (tertiary alicyclic amines) is 1. The monoisotopic (exact) mass is 328 g/mol. The van der Waals surface area contributed by atoms with Gasteiger partial charge >= 0.3 is 6.03 Å². The Balaban J connectivity index is 1.81. The van der Waals surface area contributed by atoms with Crippen molar-refractivity contribution in [2.75, 3.05) is 6.54 Å². The molecule has 0 aliphatic carbocycles. The largest absolute Gasteiger partial charge is 0.337 e. The summed E-state index contributed by atoms with van der Waals surface area (Å²) in [7, 11) is 0. The second-order valence-electron chi connectivity index (χ2n) is 7.21. The Kier molecular flexibility index (Phi) is 4.55. The number of carbonyl (C=O) groups excluding carboxylic acids is 1. The number of piperidine rings is 1. The van der Waals surface area contributed by atoms with E-state index >= 15 is 0 Å². The zero-order valence-electron chi connectivity index (χ0n) is 14.5. The Morgan fingerprint density at radius 3 is 2.71 bits per heavy atom. The van der Waals surface area contributed by atoms with Gasteiger partial charge in [0, 0.05) is 17.6 Å². The van der Waals surface area contributed by atoms with Crippen molar-refractivity contribution in [3.8, 4) is 11.4 Å². The lowest BCUT2D eigenvalue weighted by atomic mass is 10.0. The van der Waals surface area contributed by atoms with E-state index in [0.717, 1.165) is 24.8 Å². The molecule has 2 aromatic rings. The van der Waals surface area contributed by atoms with Crippen LogP contribution in [-0.4, -0.2) is 33.2 Å². The topological polar surface area (TPSA) is 71.3 Å². The molecule has 3 rings (SSSR count). The molecule has 1 aliphatic rings. The molecule has 1 aromatic carbocycles. The average molecular weight is 328 g/mol. The highest BCUT2D eigenvalue weighted by atomic mass is 16.5. The summed E-state index contributed by atoms with van der Waals surface area (Å²) in [6.07, 6.45) is 2.88. The van der Waals surface area contributed by atoms with Crippen molar-refractivity contribution in [2.45, 2.75) is 51.6 Å². The number of carbonyl (C=O) groups is 1. The number of amides is 2. The van der Waals surface area contributed by atoms with E-state index < -0.39 is 0 Å². The third kappa shape index (κ3) is 3.75. The van der Waals surface area contributed by atoms with Crippen LogP contribution in [0.2, 0.25) is 0 Å². The first kappa shape index (κ1) is 16.5. The molecule has 24 heavy (non-hydrogen) atoms. The standard InChI is InChI=1S/C18H24N4O2/c1-18(2,3)20-17(23)22-12-8-7-11-14(22)16-19-15(21-24-16)13-9-5-4-6-10-13/h4-6,9-10,14H,7-8,11-12H2,1-3H3,(H,20,23). The Morgan fingerprint density at radius 1 is 1.25 bits per heavy atom. The van der Waals surface area contributed by atoms with Crippen molar-refractivity contribution in [1.82, 2.24) is 20.4 Å². The van der Waals surface area contributed by atoms with Crippen molar-refractivity contribution in [1.29, 1.82) is 0 Å². The number of hydrogen-bond acceptors (Lipinski definition) is 4. The first-order valence-corrected chi connectivity index (χ1v) is 8.42. The summed E-state index contributed by atoms with van der Waals surface area (Å²) in [6, 6.07) is 9.48. The van der Waals surface area contributed by atoms with Gasteiger partial charge in [-0.15, -0.1) is 0 Å². The number of urea groups is 1. The maximum atomic E-state index is 12.6. The number of aromatic nitrogens is 2. The highest BCUT2D eigenvalue weighted by Crippen LogP contribution is 2.31. The molecular weight excluding hydrogens is 304 g/mol. The van der Waals surface area contributed by atoms with Crippen LogP contribution < -0.4 is 5.32 Å². The van der Waals surface area contributed by atoms with Gasteiger partial charge < -0.3 is 14.7 Å². The van der Waals surface area contributed by atoms with Crippen LogP contribution in [0.4, 0.5) is 4.79 Å². The predicted molar refractivity (Wildman–Crippen MR) is 91.3 cm³/mol. The van der Waals surface area contributed by atoms with Crippen molar-refractivity contribution >= 4 is 6.03 Å². The highest BCUT2D eigenvalue weighted by molar-refractivity contribution is 5.75. The SMILES string of the molecule is CC(C)(C)NC(=O)N1CCCCC1c1nc(-c2ccccc2)no1. The van der Waals surface area contributed by atoms with Gasteiger partial charge in [-0.25, -0.2) is 4.79 Å². The predicted octanol–water partition coefficient (Wildman–Crippen LogP) is 3.77. The maximum Gasteiger partial charge on any atom is 0.318 e. The van der Waals surface area contributed by atoms with Crippen LogP contribution in [0.25, 0.3) is 11.4 Å². The van der Waals surface area contributed by atoms with E-state index in [0.29, 0.717) is 18.3 Å². The summed E-state index contributed by atoms with van der Waals surface area (Å²) in [5, 5.41) is 7.11. The van der Waals surface area contributed by atoms with E-state index in [1.165, 1.54) is 0 Å². The van der Waals surface area contributed by atoms with E-state index in [-0.39, 0.29) is 17.6 Å². The Hall–Kier alpha value is -2.37. The first-order chi connectivity index (χ1) is 11.4. The smallest absolute Gasteiger partial charge is 0.318 e. The molecule has 1 saturated heterocycles. The molecule has 2 amide bonds. The number of benzene rings is 1. The molecule has 0 bridgehead atoms. The van der Waals surface area contributed by atoms with Crippen LogP contribution in [0.5, 0.6) is 0 Å². The Labute approximate surface area is 142 Å². The third-order valence-corrected chi connectivity index (χ3v) is 4.00. The molecule has 0 saturated carbocycles. The fraction of sp³-hybridized carbons (Fsp3) is 0.500. The molecule has 2 heterocycles. The zero-order chi connectivity index (χ0) is 17.2. The molecule has 128 valence electrons. The minimum absolute atomic E-state index is 0.0772. The van der Waals surface area contributed by atoms with Crippen molar-refractivity contribution < 1.29 is 9.32 Å². The van der Waals surface area contributed by atoms with E-state index in [9.17, 15) is 4.79 Å². The quantitative estimate of drug-likeness (QED) is 0.911. The minimum atomic E-state index is -0.275. The molecule has 0 radical (unpaired) electrons. The first-order valence-electron chi connectivity index (χ1n) is 8.42. The second kappa shape index (κ2) is 6.63. The van der Waals surface area contributed by atoms with Gasteiger partial charge in [-0.2, -0.15) is 4.98 Å². The van der Waals surface area contributed by atoms with Crippen molar-refractivity contribution in [2.24, 2.45) is 0 Å². The molecule has 6 nitrogen and oxygen atoms in total. The lowest BCUT2D eigenvalue weighted by Gasteiger charge is -2.35. The van der Waals surface area contributed by atoms with Gasteiger partial charge in [-0.3, -0.25) is 0 Å². The van der Waals surface area contributed by atoms with Crippen LogP contribution in [-0.2, 0) is 0 Å². The molecular formula is C18H24N4O2. The van der Waals surface area contributed by atoms with Gasteiger partial charge in [-0.05, 0) is 40.0 Å². The fourth-order valence-electron chi connectivity index (χ4n) is 2.90. The molecule has 1 aliphatic heterocycles. The summed E-state index contributed by atoms with van der Waals surface area (Å²) in [6.45, 7) is 6.63. The number of nitrogens with one attached hydrogen (secondary N) is 1. The van der Waals surface area contributed by atoms with Gasteiger partial charge in [0.1, 0.15) is 6.04 Å². The van der Waals surface area contributed by atoms with Gasteiger partial charge in [0.15, 0.2) is 0 Å². The van der Waals surface area contributed by atoms with Crippen LogP contribution in [0.1, 0.15) is 52.0 Å². The molecule has 1 aromatic heterocycles. The molecule has 1 fully saturated rings. The summed E-state index contributed by atoms with van der Waals surface area (Å²) in [4.78, 5) is 18.9. The number of hydrogen-bond donors (Lipinski definition) is 1. The van der Waals surface area contributed by atoms with Crippen molar-refractivity contribution in [3.05, 3.63) is 36.2 Å². The lowest BCUT2D eigenvalue weighted by Crippen LogP contribution is -2.50. The summed E-state index contributed by atoms with van der Waals surface area (Å²) < 4.78 is 5.49. The van der Waals surface area contributed by atoms with E-state index in [1.54, 1.807) is 0 Å². The van der Waals surface area contributed by atoms with Gasteiger partial charge in [0.2, 0.25) is 11.7 Å². The minimum Gasteiger partial charge on any atom is -0.337 e. The van der Waals surface area contributed by atoms with Gasteiger partial charge in [0.05, 0.1) is 0 Å². The van der Waals surface area contributed by atoms with E-state index in [1.807, 2.05) is 56.0 Å². The van der Waals surface area contributed by atoms with E-state index in [4.69, 9.17) is 4.52 Å². The average Bonchev–Trinajstić information content (AvgIpc) is 3.04. The summed E-state index contributed by atoms with van der Waals surface area (Å²) >= 11 is 0. The van der Waals surface area contributed by atoms with Gasteiger partial charge in [0.25, 0.3) is 0 Å². The second-order valence-corrected chi connectivity index (χ2v) is 7.21. The van der Waals surface area contributed by atoms with Crippen LogP contribution in [0.15, 0.2) is 34.9 Å². The molecule has 1 unspecified atom stereocenters. The maximum absolute atomic E-state index is 12.6. The zero-order valence-corrected chi connectivity index (χ0v) is 14.5. The molecule has 1 N–H and O–H groups in total. The van der Waals surface area contributed by atoms with Crippen LogP contribution in [0.3, 0.4) is 0 Å². The van der Waals surface area contributed by atoms with Crippen molar-refractivity contribution in [3.63, 3.8) is 0 Å². The number of nitrogens with zero attached hydrogens (tertiary/aromatic N) is 3. The Morgan fingerprint density at radius 2 is 2.00 bits per heavy atom. The van der Waals surface area contributed by atoms with E-state index in [2.05, 4.69) is 15.5 Å². The third-order valence-electron chi connectivity index (χ3n) is 4.00. The lowest BCUT2D eigenvalue weighted by molar-refractivity contribution is 0.126. The fourth-order valence-corrected chi connectivity index (χ4v) is 2.90. The summed E-state index contributed by atoms with van der Waals surface area (Å²) in [5.74, 6) is 1.07. The van der Waals surface area contributed by atoms with Crippen LogP contribution >= 0.6 is 0 Å². The number of rotatable bonds is 2. The molecule has 1 atom stereocenters. The molecule has 0 spiro atoms. The normalized spacial score (nSPS) is 18.5. The van der Waals surface area contributed by atoms with Gasteiger partial charge in [-0.1, -0.05) is 35.5 Å². The summed E-state index contributed by atoms with van der Waals surface area (Å²) in [5.41, 5.74) is 0.636. The van der Waals surface area contributed by atoms with Crippen LogP contribution in [0, 0.1) is 0 Å². The molecule has 6 heteroatoms. The Bertz CT molecular complexity index is 691. The highest BCUT2D eigenvalue weighted by Gasteiger charge is 2.33.